The van der Waals surface area contributed by atoms with Crippen LogP contribution in [0.15, 0.2) is 4.99 Å². The lowest BCUT2D eigenvalue weighted by atomic mass is 9.96. The quantitative estimate of drug-likeness (QED) is 0.575. The summed E-state index contributed by atoms with van der Waals surface area (Å²) in [6.07, 6.45) is 2.02. The first-order valence-electron chi connectivity index (χ1n) is 4.41. The summed E-state index contributed by atoms with van der Waals surface area (Å²) in [5.74, 6) is 2.72. The number of nitrogens with one attached hydrogen (secondary N) is 2. The molecule has 0 aromatic carbocycles. The van der Waals surface area contributed by atoms with E-state index >= 15 is 0 Å². The molecule has 2 aliphatic rings. The molecule has 0 aliphatic carbocycles. The molecule has 2 fully saturated rings. The zero-order valence-electron chi connectivity index (χ0n) is 7.59. The predicted molar refractivity (Wildman–Crippen MR) is 53.9 cm³/mol. The minimum atomic E-state index is -0.363. The van der Waals surface area contributed by atoms with Gasteiger partial charge in [0.1, 0.15) is 5.54 Å². The smallest absolute Gasteiger partial charge is 0.253 e. The third kappa shape index (κ3) is 1.41. The number of thioether (sulfide) groups is 1. The lowest BCUT2D eigenvalue weighted by Gasteiger charge is -2.29. The molecule has 1 spiro atoms. The van der Waals surface area contributed by atoms with Crippen LogP contribution in [0.4, 0.5) is 0 Å². The van der Waals surface area contributed by atoms with Crippen molar-refractivity contribution >= 4 is 23.6 Å². The van der Waals surface area contributed by atoms with Crippen LogP contribution in [0.25, 0.3) is 0 Å². The van der Waals surface area contributed by atoms with Gasteiger partial charge in [0.25, 0.3) is 5.91 Å². The maximum atomic E-state index is 11.7. The molecular formula is C8H13N3OS. The fourth-order valence-electron chi connectivity index (χ4n) is 1.73. The molecule has 2 rings (SSSR count). The normalized spacial score (nSPS) is 36.4. The van der Waals surface area contributed by atoms with E-state index < -0.39 is 0 Å². The van der Waals surface area contributed by atoms with Gasteiger partial charge in [0.2, 0.25) is 0 Å². The molecule has 0 aromatic rings. The molecule has 0 bridgehead atoms. The Kier molecular flexibility index (Phi) is 2.19. The van der Waals surface area contributed by atoms with Gasteiger partial charge in [0.05, 0.1) is 0 Å². The van der Waals surface area contributed by atoms with Crippen LogP contribution in [-0.4, -0.2) is 36.0 Å². The van der Waals surface area contributed by atoms with Gasteiger partial charge < -0.3 is 5.32 Å². The van der Waals surface area contributed by atoms with Crippen molar-refractivity contribution < 1.29 is 4.79 Å². The highest BCUT2D eigenvalue weighted by Crippen LogP contribution is 2.28. The molecule has 1 amide bonds. The summed E-state index contributed by atoms with van der Waals surface area (Å²) in [6.45, 7) is 0. The average molecular weight is 199 g/mol. The van der Waals surface area contributed by atoms with E-state index in [-0.39, 0.29) is 11.4 Å². The number of carbonyl (C=O) groups excluding carboxylic acids is 1. The highest BCUT2D eigenvalue weighted by Gasteiger charge is 2.45. The van der Waals surface area contributed by atoms with Crippen molar-refractivity contribution in [3.05, 3.63) is 0 Å². The first-order valence-corrected chi connectivity index (χ1v) is 5.56. The number of carbonyl (C=O) groups is 1. The SMILES string of the molecule is CN=C1NC(=O)C2(CCCSC2)N1. The van der Waals surface area contributed by atoms with Gasteiger partial charge >= 0.3 is 0 Å². The Bertz CT molecular complexity index is 258. The van der Waals surface area contributed by atoms with Crippen LogP contribution < -0.4 is 10.6 Å². The number of nitrogens with zero attached hydrogens (tertiary/aromatic N) is 1. The largest absolute Gasteiger partial charge is 0.341 e. The summed E-state index contributed by atoms with van der Waals surface area (Å²) in [7, 11) is 1.68. The zero-order chi connectivity index (χ0) is 9.31. The van der Waals surface area contributed by atoms with Gasteiger partial charge in [-0.25, -0.2) is 0 Å². The molecule has 0 saturated carbocycles. The second-order valence-corrected chi connectivity index (χ2v) is 4.49. The molecule has 2 saturated heterocycles. The Morgan fingerprint density at radius 3 is 3.00 bits per heavy atom. The summed E-state index contributed by atoms with van der Waals surface area (Å²) < 4.78 is 0. The average Bonchev–Trinajstić information content (AvgIpc) is 2.45. The van der Waals surface area contributed by atoms with Crippen LogP contribution >= 0.6 is 11.8 Å². The van der Waals surface area contributed by atoms with Gasteiger partial charge in [-0.05, 0) is 18.6 Å². The van der Waals surface area contributed by atoms with Crippen LogP contribution in [0.5, 0.6) is 0 Å². The Labute approximate surface area is 81.6 Å². The number of amides is 1. The Morgan fingerprint density at radius 1 is 1.62 bits per heavy atom. The molecule has 2 aliphatic heterocycles. The Balaban J connectivity index is 2.18. The Hall–Kier alpha value is -0.710. The van der Waals surface area contributed by atoms with E-state index in [1.165, 1.54) is 0 Å². The van der Waals surface area contributed by atoms with Crippen LogP contribution in [0, 0.1) is 0 Å². The Morgan fingerprint density at radius 2 is 2.46 bits per heavy atom. The first-order chi connectivity index (χ1) is 6.27. The molecule has 0 aromatic heterocycles. The molecule has 5 heteroatoms. The first kappa shape index (κ1) is 8.87. The molecule has 13 heavy (non-hydrogen) atoms. The van der Waals surface area contributed by atoms with Crippen LogP contribution in [0.2, 0.25) is 0 Å². The van der Waals surface area contributed by atoms with E-state index in [4.69, 9.17) is 0 Å². The van der Waals surface area contributed by atoms with Crippen molar-refractivity contribution in [2.75, 3.05) is 18.6 Å². The maximum Gasteiger partial charge on any atom is 0.253 e. The van der Waals surface area contributed by atoms with Crippen molar-refractivity contribution in [2.24, 2.45) is 4.99 Å². The minimum Gasteiger partial charge on any atom is -0.341 e. The van der Waals surface area contributed by atoms with Crippen molar-refractivity contribution in [3.63, 3.8) is 0 Å². The maximum absolute atomic E-state index is 11.7. The van der Waals surface area contributed by atoms with Crippen molar-refractivity contribution in [1.82, 2.24) is 10.6 Å². The summed E-state index contributed by atoms with van der Waals surface area (Å²) >= 11 is 1.83. The van der Waals surface area contributed by atoms with E-state index in [2.05, 4.69) is 15.6 Å². The van der Waals surface area contributed by atoms with E-state index in [1.54, 1.807) is 7.05 Å². The monoisotopic (exact) mass is 199 g/mol. The van der Waals surface area contributed by atoms with Crippen LogP contribution in [-0.2, 0) is 4.79 Å². The van der Waals surface area contributed by atoms with Gasteiger partial charge in [-0.2, -0.15) is 11.8 Å². The van der Waals surface area contributed by atoms with Crippen LogP contribution in [0.1, 0.15) is 12.8 Å². The summed E-state index contributed by atoms with van der Waals surface area (Å²) in [5.41, 5.74) is -0.363. The van der Waals surface area contributed by atoms with Crippen molar-refractivity contribution in [1.29, 1.82) is 0 Å². The number of guanidine groups is 1. The fraction of sp³-hybridized carbons (Fsp3) is 0.750. The molecular weight excluding hydrogens is 186 g/mol. The molecule has 72 valence electrons. The highest BCUT2D eigenvalue weighted by molar-refractivity contribution is 7.99. The number of hydrogen-bond acceptors (Lipinski definition) is 3. The molecule has 1 unspecified atom stereocenters. The number of rotatable bonds is 0. The number of hydrogen-bond donors (Lipinski definition) is 2. The van der Waals surface area contributed by atoms with Gasteiger partial charge in [0.15, 0.2) is 5.96 Å². The van der Waals surface area contributed by atoms with Gasteiger partial charge in [-0.3, -0.25) is 15.1 Å². The van der Waals surface area contributed by atoms with Crippen molar-refractivity contribution in [2.45, 2.75) is 18.4 Å². The second-order valence-electron chi connectivity index (χ2n) is 3.39. The molecule has 0 radical (unpaired) electrons. The standard InChI is InChI=1S/C8H13N3OS/c1-9-7-10-6(12)8(11-7)3-2-4-13-5-8/h2-5H2,1H3,(H2,9,10,11,12). The fourth-order valence-corrected chi connectivity index (χ4v) is 2.91. The number of aliphatic imine (C=N–C) groups is 1. The third-order valence-corrected chi connectivity index (χ3v) is 3.76. The lowest BCUT2D eigenvalue weighted by molar-refractivity contribution is -0.123. The third-order valence-electron chi connectivity index (χ3n) is 2.49. The second kappa shape index (κ2) is 3.21. The van der Waals surface area contributed by atoms with Gasteiger partial charge in [-0.15, -0.1) is 0 Å². The lowest BCUT2D eigenvalue weighted by Crippen LogP contribution is -2.51. The van der Waals surface area contributed by atoms with Gasteiger partial charge in [0, 0.05) is 12.8 Å². The highest BCUT2D eigenvalue weighted by atomic mass is 32.2. The summed E-state index contributed by atoms with van der Waals surface area (Å²) in [6, 6.07) is 0. The zero-order valence-corrected chi connectivity index (χ0v) is 8.41. The molecule has 2 N–H and O–H groups in total. The summed E-state index contributed by atoms with van der Waals surface area (Å²) in [4.78, 5) is 15.6. The van der Waals surface area contributed by atoms with E-state index in [0.29, 0.717) is 5.96 Å². The van der Waals surface area contributed by atoms with E-state index in [0.717, 1.165) is 24.3 Å². The molecule has 1 atom stereocenters. The van der Waals surface area contributed by atoms with Crippen LogP contribution in [0.3, 0.4) is 0 Å². The van der Waals surface area contributed by atoms with Gasteiger partial charge in [-0.1, -0.05) is 0 Å². The minimum absolute atomic E-state index is 0.0836. The van der Waals surface area contributed by atoms with E-state index in [1.807, 2.05) is 11.8 Å². The van der Waals surface area contributed by atoms with Crippen molar-refractivity contribution in [3.8, 4) is 0 Å². The summed E-state index contributed by atoms with van der Waals surface area (Å²) in [5, 5.41) is 5.92. The van der Waals surface area contributed by atoms with E-state index in [9.17, 15) is 4.79 Å². The molecule has 4 nitrogen and oxygen atoms in total. The predicted octanol–water partition coefficient (Wildman–Crippen LogP) is -0.0426. The molecule has 2 heterocycles. The topological polar surface area (TPSA) is 53.5 Å².